The van der Waals surface area contributed by atoms with Gasteiger partial charge in [-0.15, -0.1) is 0 Å². The van der Waals surface area contributed by atoms with Gasteiger partial charge >= 0.3 is 11.9 Å². The van der Waals surface area contributed by atoms with Crippen molar-refractivity contribution in [2.45, 2.75) is 57.6 Å². The van der Waals surface area contributed by atoms with E-state index in [0.717, 1.165) is 16.5 Å². The van der Waals surface area contributed by atoms with Crippen molar-refractivity contribution in [2.24, 2.45) is 0 Å². The number of hydrogen-bond donors (Lipinski definition) is 2. The van der Waals surface area contributed by atoms with Gasteiger partial charge in [-0.3, -0.25) is 14.4 Å². The fourth-order valence-corrected chi connectivity index (χ4v) is 5.26. The van der Waals surface area contributed by atoms with Crippen LogP contribution in [-0.2, 0) is 26.2 Å². The minimum absolute atomic E-state index is 0.0369. The molecule has 8 heteroatoms. The number of esters is 1. The summed E-state index contributed by atoms with van der Waals surface area (Å²) in [6, 6.07) is 25.0. The van der Waals surface area contributed by atoms with Crippen LogP contribution in [0.25, 0.3) is 10.8 Å². The molecule has 1 amide bonds. The molecular weight excluding hydrogens is 573 g/mol. The quantitative estimate of drug-likeness (QED) is 0.179. The molecule has 4 aromatic carbocycles. The maximum atomic E-state index is 13.9. The molecule has 2 unspecified atom stereocenters. The van der Waals surface area contributed by atoms with E-state index in [2.05, 4.69) is 26.1 Å². The molecule has 4 aromatic rings. The summed E-state index contributed by atoms with van der Waals surface area (Å²) in [4.78, 5) is 37.8. The second kappa shape index (κ2) is 13.4. The second-order valence-corrected chi connectivity index (χ2v) is 12.1. The fourth-order valence-electron chi connectivity index (χ4n) is 4.82. The van der Waals surface area contributed by atoms with Crippen LogP contribution in [0, 0.1) is 0 Å². The molecule has 0 aliphatic rings. The molecule has 0 fully saturated rings. The Kier molecular flexibility index (Phi) is 9.92. The number of rotatable bonds is 10. The van der Waals surface area contributed by atoms with E-state index in [0.29, 0.717) is 33.0 Å². The van der Waals surface area contributed by atoms with E-state index in [1.54, 1.807) is 48.5 Å². The molecule has 0 aliphatic carbocycles. The van der Waals surface area contributed by atoms with Crippen LogP contribution in [0.1, 0.15) is 66.8 Å². The summed E-state index contributed by atoms with van der Waals surface area (Å²) in [5.74, 6) is -2.17. The monoisotopic (exact) mass is 605 g/mol. The lowest BCUT2D eigenvalue weighted by Gasteiger charge is -2.29. The average Bonchev–Trinajstić information content (AvgIpc) is 2.94. The van der Waals surface area contributed by atoms with Crippen molar-refractivity contribution in [1.29, 1.82) is 0 Å². The molecule has 2 N–H and O–H groups in total. The van der Waals surface area contributed by atoms with Gasteiger partial charge in [-0.1, -0.05) is 105 Å². The topological polar surface area (TPSA) is 92.7 Å². The molecule has 0 saturated heterocycles. The average molecular weight is 607 g/mol. The Morgan fingerprint density at radius 1 is 0.857 bits per heavy atom. The summed E-state index contributed by atoms with van der Waals surface area (Å²) in [5, 5.41) is 14.6. The van der Waals surface area contributed by atoms with Crippen molar-refractivity contribution >= 4 is 51.8 Å². The number of benzene rings is 4. The lowest BCUT2D eigenvalue weighted by atomic mass is 9.86. The van der Waals surface area contributed by atoms with Crippen LogP contribution in [0.3, 0.4) is 0 Å². The predicted molar refractivity (Wildman–Crippen MR) is 166 cm³/mol. The van der Waals surface area contributed by atoms with Crippen molar-refractivity contribution in [3.8, 4) is 0 Å². The number of halogens is 2. The Bertz CT molecular complexity index is 1590. The predicted octanol–water partition coefficient (Wildman–Crippen LogP) is 7.93. The SMILES string of the molecule is CC(C)(C)c1ccc(CC(NC(=O)c2cccc3c(Cl)cccc23)C(OC(=O)CCC(=O)O)c2cccc(Cl)c2)cc1. The lowest BCUT2D eigenvalue weighted by Crippen LogP contribution is -2.42. The minimum atomic E-state index is -1.11. The maximum Gasteiger partial charge on any atom is 0.307 e. The molecule has 218 valence electrons. The highest BCUT2D eigenvalue weighted by atomic mass is 35.5. The van der Waals surface area contributed by atoms with Crippen molar-refractivity contribution < 1.29 is 24.2 Å². The Hall–Kier alpha value is -3.87. The third-order valence-corrected chi connectivity index (χ3v) is 7.61. The Labute approximate surface area is 255 Å². The third kappa shape index (κ3) is 7.90. The first-order valence-electron chi connectivity index (χ1n) is 13.7. The molecule has 0 radical (unpaired) electrons. The van der Waals surface area contributed by atoms with Gasteiger partial charge in [-0.2, -0.15) is 0 Å². The number of fused-ring (bicyclic) bond motifs is 1. The van der Waals surface area contributed by atoms with Crippen LogP contribution in [0.15, 0.2) is 84.9 Å². The van der Waals surface area contributed by atoms with Crippen LogP contribution in [0.4, 0.5) is 0 Å². The van der Waals surface area contributed by atoms with E-state index < -0.39 is 24.1 Å². The summed E-state index contributed by atoms with van der Waals surface area (Å²) < 4.78 is 5.90. The van der Waals surface area contributed by atoms with Gasteiger partial charge in [0.25, 0.3) is 5.91 Å². The first kappa shape index (κ1) is 31.1. The zero-order chi connectivity index (χ0) is 30.4. The minimum Gasteiger partial charge on any atom is -0.481 e. The van der Waals surface area contributed by atoms with Crippen molar-refractivity contribution in [3.05, 3.63) is 117 Å². The van der Waals surface area contributed by atoms with Gasteiger partial charge in [0.2, 0.25) is 0 Å². The number of nitrogens with one attached hydrogen (secondary N) is 1. The highest BCUT2D eigenvalue weighted by molar-refractivity contribution is 6.36. The number of ether oxygens (including phenoxy) is 1. The fraction of sp³-hybridized carbons (Fsp3) is 0.265. The zero-order valence-corrected chi connectivity index (χ0v) is 25.2. The smallest absolute Gasteiger partial charge is 0.307 e. The first-order valence-corrected chi connectivity index (χ1v) is 14.4. The van der Waals surface area contributed by atoms with E-state index in [-0.39, 0.29) is 24.2 Å². The van der Waals surface area contributed by atoms with Crippen molar-refractivity contribution in [1.82, 2.24) is 5.32 Å². The molecule has 0 aliphatic heterocycles. The summed E-state index contributed by atoms with van der Waals surface area (Å²) in [6.07, 6.45) is -1.31. The largest absolute Gasteiger partial charge is 0.481 e. The van der Waals surface area contributed by atoms with Gasteiger partial charge in [0.1, 0.15) is 6.10 Å². The molecule has 0 heterocycles. The summed E-state index contributed by atoms with van der Waals surface area (Å²) in [5.41, 5.74) is 3.04. The van der Waals surface area contributed by atoms with E-state index in [1.165, 1.54) is 0 Å². The summed E-state index contributed by atoms with van der Waals surface area (Å²) in [7, 11) is 0. The molecule has 2 atom stereocenters. The van der Waals surface area contributed by atoms with Gasteiger partial charge in [-0.05, 0) is 58.2 Å². The number of hydrogen-bond acceptors (Lipinski definition) is 4. The van der Waals surface area contributed by atoms with Crippen LogP contribution in [0.5, 0.6) is 0 Å². The molecule has 0 bridgehead atoms. The van der Waals surface area contributed by atoms with E-state index in [4.69, 9.17) is 33.0 Å². The Balaban J connectivity index is 1.75. The molecular formula is C34H33Cl2NO5. The lowest BCUT2D eigenvalue weighted by molar-refractivity contribution is -0.153. The molecule has 42 heavy (non-hydrogen) atoms. The second-order valence-electron chi connectivity index (χ2n) is 11.2. The van der Waals surface area contributed by atoms with Gasteiger partial charge in [0.05, 0.1) is 18.9 Å². The standard InChI is InChI=1S/C34H33Cl2NO5/c1-34(2,3)23-15-13-21(14-16-23)19-29(37-33(41)27-11-5-10-26-25(27)9-6-12-28(26)36)32(22-7-4-8-24(35)20-22)42-31(40)18-17-30(38)39/h4-16,20,29,32H,17-19H2,1-3H3,(H,37,41)(H,38,39). The van der Waals surface area contributed by atoms with Crippen LogP contribution < -0.4 is 5.32 Å². The summed E-state index contributed by atoms with van der Waals surface area (Å²) >= 11 is 12.7. The van der Waals surface area contributed by atoms with E-state index in [9.17, 15) is 14.4 Å². The van der Waals surface area contributed by atoms with Gasteiger partial charge in [-0.25, -0.2) is 0 Å². The van der Waals surface area contributed by atoms with Gasteiger partial charge in [0.15, 0.2) is 0 Å². The van der Waals surface area contributed by atoms with Crippen LogP contribution >= 0.6 is 23.2 Å². The van der Waals surface area contributed by atoms with E-state index in [1.807, 2.05) is 36.4 Å². The van der Waals surface area contributed by atoms with E-state index >= 15 is 0 Å². The molecule has 0 aromatic heterocycles. The first-order chi connectivity index (χ1) is 19.9. The van der Waals surface area contributed by atoms with Gasteiger partial charge < -0.3 is 15.2 Å². The highest BCUT2D eigenvalue weighted by Gasteiger charge is 2.30. The molecule has 0 spiro atoms. The number of carbonyl (C=O) groups excluding carboxylic acids is 2. The number of amides is 1. The molecule has 0 saturated carbocycles. The number of carboxylic acid groups (broad SMARTS) is 1. The van der Waals surface area contributed by atoms with Crippen LogP contribution in [0.2, 0.25) is 10.0 Å². The Morgan fingerprint density at radius 3 is 2.19 bits per heavy atom. The number of carbonyl (C=O) groups is 3. The summed E-state index contributed by atoms with van der Waals surface area (Å²) in [6.45, 7) is 6.40. The number of carboxylic acids is 1. The van der Waals surface area contributed by atoms with Crippen LogP contribution in [-0.4, -0.2) is 29.0 Å². The van der Waals surface area contributed by atoms with Crippen molar-refractivity contribution in [3.63, 3.8) is 0 Å². The normalized spacial score (nSPS) is 12.9. The van der Waals surface area contributed by atoms with Gasteiger partial charge in [0, 0.05) is 21.0 Å². The zero-order valence-electron chi connectivity index (χ0n) is 23.7. The molecule has 4 rings (SSSR count). The third-order valence-electron chi connectivity index (χ3n) is 7.05. The highest BCUT2D eigenvalue weighted by Crippen LogP contribution is 2.30. The van der Waals surface area contributed by atoms with Crippen molar-refractivity contribution in [2.75, 3.05) is 0 Å². The number of aliphatic carboxylic acids is 1. The molecule has 6 nitrogen and oxygen atoms in total. The maximum absolute atomic E-state index is 13.9. The Morgan fingerprint density at radius 2 is 1.52 bits per heavy atom.